The molecule has 0 unspecified atom stereocenters. The molecule has 0 fully saturated rings. The Labute approximate surface area is 167 Å². The number of ether oxygens (including phenoxy) is 1. The summed E-state index contributed by atoms with van der Waals surface area (Å²) in [4.78, 5) is 0. The molecule has 0 saturated carbocycles. The van der Waals surface area contributed by atoms with Gasteiger partial charge in [0.1, 0.15) is 11.6 Å². The first-order valence-electron chi connectivity index (χ1n) is 9.69. The predicted octanol–water partition coefficient (Wildman–Crippen LogP) is 6.69. The summed E-state index contributed by atoms with van der Waals surface area (Å²) in [6.07, 6.45) is 2.20. The molecule has 142 valence electrons. The molecule has 0 radical (unpaired) electrons. The van der Waals surface area contributed by atoms with Gasteiger partial charge in [-0.3, -0.25) is 0 Å². The van der Waals surface area contributed by atoms with Crippen LogP contribution in [0.1, 0.15) is 42.0 Å². The topological polar surface area (TPSA) is 9.23 Å². The van der Waals surface area contributed by atoms with Crippen molar-refractivity contribution in [2.75, 3.05) is 6.61 Å². The fraction of sp³-hybridized carbons (Fsp3) is 0.231. The normalized spacial score (nSPS) is 10.3. The summed E-state index contributed by atoms with van der Waals surface area (Å²) in [6, 6.07) is 19.6. The van der Waals surface area contributed by atoms with Crippen molar-refractivity contribution in [1.29, 1.82) is 0 Å². The molecule has 0 atom stereocenters. The first-order chi connectivity index (χ1) is 13.6. The molecule has 0 N–H and O–H groups in total. The van der Waals surface area contributed by atoms with Crippen molar-refractivity contribution >= 4 is 0 Å². The number of rotatable bonds is 5. The third kappa shape index (κ3) is 5.02. The van der Waals surface area contributed by atoms with Crippen LogP contribution in [0.25, 0.3) is 11.1 Å². The van der Waals surface area contributed by atoms with Crippen LogP contribution < -0.4 is 4.74 Å². The largest absolute Gasteiger partial charge is 0.494 e. The standard InChI is InChI=1S/C26H25FO/c1-4-5-16-28-25-14-12-23(13-15-25)22-9-6-21(7-10-22)8-11-24-18-26(27)20(3)17-19(24)2/h6-7,9-10,12-15,17-18H,4-5,16H2,1-3H3. The van der Waals surface area contributed by atoms with Crippen LogP contribution >= 0.6 is 0 Å². The van der Waals surface area contributed by atoms with Crippen molar-refractivity contribution in [3.05, 3.63) is 88.7 Å². The van der Waals surface area contributed by atoms with Crippen LogP contribution in [0, 0.1) is 31.5 Å². The summed E-state index contributed by atoms with van der Waals surface area (Å²) in [5, 5.41) is 0. The highest BCUT2D eigenvalue weighted by Crippen LogP contribution is 2.23. The second kappa shape index (κ2) is 9.24. The first-order valence-corrected chi connectivity index (χ1v) is 9.69. The van der Waals surface area contributed by atoms with E-state index in [2.05, 4.69) is 43.0 Å². The van der Waals surface area contributed by atoms with Gasteiger partial charge in [0.25, 0.3) is 0 Å². The Morgan fingerprint density at radius 2 is 1.46 bits per heavy atom. The van der Waals surface area contributed by atoms with Crippen LogP contribution in [0.15, 0.2) is 60.7 Å². The van der Waals surface area contributed by atoms with Gasteiger partial charge in [0, 0.05) is 11.1 Å². The van der Waals surface area contributed by atoms with Gasteiger partial charge in [-0.25, -0.2) is 4.39 Å². The third-order valence-corrected chi connectivity index (χ3v) is 4.69. The summed E-state index contributed by atoms with van der Waals surface area (Å²) >= 11 is 0. The average molecular weight is 372 g/mol. The molecule has 0 bridgehead atoms. The van der Waals surface area contributed by atoms with Crippen LogP contribution in [0.5, 0.6) is 5.75 Å². The minimum absolute atomic E-state index is 0.215. The Bertz CT molecular complexity index is 990. The van der Waals surface area contributed by atoms with E-state index < -0.39 is 0 Å². The molecule has 3 aromatic carbocycles. The number of hydrogen-bond donors (Lipinski definition) is 0. The molecular formula is C26H25FO. The maximum atomic E-state index is 13.8. The van der Waals surface area contributed by atoms with Crippen LogP contribution in [0.4, 0.5) is 4.39 Å². The summed E-state index contributed by atoms with van der Waals surface area (Å²) in [6.45, 7) is 6.63. The van der Waals surface area contributed by atoms with E-state index in [-0.39, 0.29) is 5.82 Å². The molecule has 28 heavy (non-hydrogen) atoms. The van der Waals surface area contributed by atoms with E-state index in [1.165, 1.54) is 6.07 Å². The van der Waals surface area contributed by atoms with E-state index in [4.69, 9.17) is 4.74 Å². The maximum Gasteiger partial charge on any atom is 0.127 e. The third-order valence-electron chi connectivity index (χ3n) is 4.69. The second-order valence-corrected chi connectivity index (χ2v) is 6.97. The van der Waals surface area contributed by atoms with Crippen molar-refractivity contribution in [2.24, 2.45) is 0 Å². The fourth-order valence-corrected chi connectivity index (χ4v) is 2.92. The lowest BCUT2D eigenvalue weighted by Gasteiger charge is -2.07. The highest BCUT2D eigenvalue weighted by molar-refractivity contribution is 5.65. The van der Waals surface area contributed by atoms with Crippen LogP contribution in [-0.2, 0) is 0 Å². The lowest BCUT2D eigenvalue weighted by atomic mass is 10.0. The van der Waals surface area contributed by atoms with Crippen molar-refractivity contribution in [2.45, 2.75) is 33.6 Å². The molecule has 0 amide bonds. The summed E-state index contributed by atoms with van der Waals surface area (Å²) in [7, 11) is 0. The zero-order valence-corrected chi connectivity index (χ0v) is 16.7. The molecule has 0 saturated heterocycles. The van der Waals surface area contributed by atoms with E-state index in [1.807, 2.05) is 37.3 Å². The second-order valence-electron chi connectivity index (χ2n) is 6.97. The van der Waals surface area contributed by atoms with Crippen molar-refractivity contribution in [3.63, 3.8) is 0 Å². The van der Waals surface area contributed by atoms with E-state index in [0.29, 0.717) is 5.56 Å². The number of benzene rings is 3. The Morgan fingerprint density at radius 3 is 2.11 bits per heavy atom. The SMILES string of the molecule is CCCCOc1ccc(-c2ccc(C#Cc3cc(F)c(C)cc3C)cc2)cc1. The van der Waals surface area contributed by atoms with Gasteiger partial charge in [-0.15, -0.1) is 0 Å². The van der Waals surface area contributed by atoms with Crippen LogP contribution in [0.2, 0.25) is 0 Å². The molecule has 1 nitrogen and oxygen atoms in total. The first kappa shape index (κ1) is 19.7. The van der Waals surface area contributed by atoms with Gasteiger partial charge in [0.15, 0.2) is 0 Å². The lowest BCUT2D eigenvalue weighted by Crippen LogP contribution is -1.95. The predicted molar refractivity (Wildman–Crippen MR) is 114 cm³/mol. The maximum absolute atomic E-state index is 13.8. The number of halogens is 1. The zero-order valence-electron chi connectivity index (χ0n) is 16.7. The van der Waals surface area contributed by atoms with E-state index in [0.717, 1.165) is 53.0 Å². The molecule has 3 aromatic rings. The van der Waals surface area contributed by atoms with Crippen molar-refractivity contribution in [3.8, 4) is 28.7 Å². The van der Waals surface area contributed by atoms with E-state index >= 15 is 0 Å². The average Bonchev–Trinajstić information content (AvgIpc) is 2.71. The quantitative estimate of drug-likeness (QED) is 0.358. The fourth-order valence-electron chi connectivity index (χ4n) is 2.92. The van der Waals surface area contributed by atoms with Gasteiger partial charge >= 0.3 is 0 Å². The van der Waals surface area contributed by atoms with Gasteiger partial charge in [-0.05, 0) is 72.9 Å². The Hall–Kier alpha value is -3.05. The minimum Gasteiger partial charge on any atom is -0.494 e. The molecule has 0 heterocycles. The molecule has 2 heteroatoms. The van der Waals surface area contributed by atoms with Crippen LogP contribution in [0.3, 0.4) is 0 Å². The summed E-state index contributed by atoms with van der Waals surface area (Å²) in [5.41, 5.74) is 5.54. The van der Waals surface area contributed by atoms with Gasteiger partial charge in [0.2, 0.25) is 0 Å². The van der Waals surface area contributed by atoms with Gasteiger partial charge in [-0.1, -0.05) is 55.5 Å². The smallest absolute Gasteiger partial charge is 0.127 e. The molecule has 0 aliphatic carbocycles. The highest BCUT2D eigenvalue weighted by atomic mass is 19.1. The number of unbranched alkanes of at least 4 members (excludes halogenated alkanes) is 1. The minimum atomic E-state index is -0.215. The molecule has 0 aromatic heterocycles. The van der Waals surface area contributed by atoms with Crippen molar-refractivity contribution in [1.82, 2.24) is 0 Å². The summed E-state index contributed by atoms with van der Waals surface area (Å²) in [5.74, 6) is 6.90. The molecule has 0 spiro atoms. The molecule has 0 aliphatic heterocycles. The molecular weight excluding hydrogens is 347 g/mol. The van der Waals surface area contributed by atoms with Gasteiger partial charge < -0.3 is 4.74 Å². The highest BCUT2D eigenvalue weighted by Gasteiger charge is 2.02. The van der Waals surface area contributed by atoms with Gasteiger partial charge in [-0.2, -0.15) is 0 Å². The zero-order chi connectivity index (χ0) is 19.9. The van der Waals surface area contributed by atoms with E-state index in [1.54, 1.807) is 6.92 Å². The molecule has 0 aliphatic rings. The summed E-state index contributed by atoms with van der Waals surface area (Å²) < 4.78 is 19.5. The molecule has 3 rings (SSSR count). The number of hydrogen-bond acceptors (Lipinski definition) is 1. The monoisotopic (exact) mass is 372 g/mol. The number of aryl methyl sites for hydroxylation is 2. The van der Waals surface area contributed by atoms with Crippen molar-refractivity contribution < 1.29 is 9.13 Å². The van der Waals surface area contributed by atoms with Crippen LogP contribution in [-0.4, -0.2) is 6.61 Å². The van der Waals surface area contributed by atoms with E-state index in [9.17, 15) is 4.39 Å². The Kier molecular flexibility index (Phi) is 6.50. The Balaban J connectivity index is 1.71. The Morgan fingerprint density at radius 1 is 0.821 bits per heavy atom. The lowest BCUT2D eigenvalue weighted by molar-refractivity contribution is 0.309. The van der Waals surface area contributed by atoms with Gasteiger partial charge in [0.05, 0.1) is 6.61 Å².